The fourth-order valence-electron chi connectivity index (χ4n) is 2.17. The Labute approximate surface area is 122 Å². The highest BCUT2D eigenvalue weighted by molar-refractivity contribution is 6.30. The van der Waals surface area contributed by atoms with Crippen molar-refractivity contribution in [3.63, 3.8) is 0 Å². The zero-order valence-corrected chi connectivity index (χ0v) is 11.9. The summed E-state index contributed by atoms with van der Waals surface area (Å²) in [6, 6.07) is 7.76. The Hall–Kier alpha value is -0.970. The van der Waals surface area contributed by atoms with E-state index in [0.29, 0.717) is 6.54 Å². The van der Waals surface area contributed by atoms with Gasteiger partial charge in [0.25, 0.3) is 0 Å². The van der Waals surface area contributed by atoms with Gasteiger partial charge in [0.2, 0.25) is 0 Å². The van der Waals surface area contributed by atoms with E-state index in [1.807, 2.05) is 24.3 Å². The van der Waals surface area contributed by atoms with Crippen molar-refractivity contribution in [3.8, 4) is 0 Å². The molecule has 1 N–H and O–H groups in total. The van der Waals surface area contributed by atoms with Gasteiger partial charge in [0.1, 0.15) is 5.38 Å². The molecular weight excluding hydrogens is 287 g/mol. The molecule has 1 fully saturated rings. The number of alkyl halides is 1. The first-order valence-corrected chi connectivity index (χ1v) is 6.97. The third kappa shape index (κ3) is 4.00. The molecule has 1 saturated heterocycles. The van der Waals surface area contributed by atoms with Gasteiger partial charge in [-0.05, 0) is 18.2 Å². The minimum absolute atomic E-state index is 0.389. The Bertz CT molecular complexity index is 448. The van der Waals surface area contributed by atoms with Crippen LogP contribution in [0.1, 0.15) is 0 Å². The maximum atomic E-state index is 10.7. The molecule has 19 heavy (non-hydrogen) atoms. The van der Waals surface area contributed by atoms with Crippen molar-refractivity contribution in [1.82, 2.24) is 4.90 Å². The number of nitrogens with zero attached hydrogens (tertiary/aromatic N) is 2. The summed E-state index contributed by atoms with van der Waals surface area (Å²) >= 11 is 11.7. The fraction of sp³-hybridized carbons (Fsp3) is 0.462. The topological polar surface area (TPSA) is 43.8 Å². The summed E-state index contributed by atoms with van der Waals surface area (Å²) in [5.41, 5.74) is 1.10. The van der Waals surface area contributed by atoms with Crippen molar-refractivity contribution in [2.45, 2.75) is 5.38 Å². The molecule has 0 spiro atoms. The molecule has 0 radical (unpaired) electrons. The fourth-order valence-corrected chi connectivity index (χ4v) is 2.55. The van der Waals surface area contributed by atoms with Crippen LogP contribution in [0.5, 0.6) is 0 Å². The summed E-state index contributed by atoms with van der Waals surface area (Å²) in [5.74, 6) is -0.959. The lowest BCUT2D eigenvalue weighted by Gasteiger charge is -2.36. The largest absolute Gasteiger partial charge is 0.480 e. The predicted octanol–water partition coefficient (Wildman–Crippen LogP) is 2.15. The van der Waals surface area contributed by atoms with Crippen molar-refractivity contribution in [2.75, 3.05) is 37.6 Å². The Morgan fingerprint density at radius 3 is 2.58 bits per heavy atom. The molecule has 6 heteroatoms. The van der Waals surface area contributed by atoms with Gasteiger partial charge >= 0.3 is 5.97 Å². The Morgan fingerprint density at radius 2 is 2.00 bits per heavy atom. The third-order valence-electron chi connectivity index (χ3n) is 3.23. The first-order chi connectivity index (χ1) is 9.06. The number of benzene rings is 1. The van der Waals surface area contributed by atoms with Gasteiger partial charge in [0.05, 0.1) is 0 Å². The van der Waals surface area contributed by atoms with Gasteiger partial charge in [-0.15, -0.1) is 11.6 Å². The van der Waals surface area contributed by atoms with Gasteiger partial charge in [-0.25, -0.2) is 0 Å². The number of hydrogen-bond donors (Lipinski definition) is 1. The summed E-state index contributed by atoms with van der Waals surface area (Å²) < 4.78 is 0. The standard InChI is InChI=1S/C13H16Cl2N2O2/c14-10-2-1-3-11(8-10)17-6-4-16(5-7-17)9-12(15)13(18)19/h1-3,8,12H,4-7,9H2,(H,18,19). The van der Waals surface area contributed by atoms with Crippen molar-refractivity contribution < 1.29 is 9.90 Å². The van der Waals surface area contributed by atoms with E-state index in [1.54, 1.807) is 0 Å². The monoisotopic (exact) mass is 302 g/mol. The van der Waals surface area contributed by atoms with Crippen LogP contribution in [0, 0.1) is 0 Å². The second-order valence-electron chi connectivity index (χ2n) is 4.57. The zero-order valence-electron chi connectivity index (χ0n) is 10.4. The predicted molar refractivity (Wildman–Crippen MR) is 77.4 cm³/mol. The third-order valence-corrected chi connectivity index (χ3v) is 3.79. The molecule has 1 aliphatic heterocycles. The molecule has 2 rings (SSSR count). The van der Waals surface area contributed by atoms with Crippen LogP contribution in [0.15, 0.2) is 24.3 Å². The quantitative estimate of drug-likeness (QED) is 0.866. The van der Waals surface area contributed by atoms with E-state index in [1.165, 1.54) is 0 Å². The molecule has 0 saturated carbocycles. The highest BCUT2D eigenvalue weighted by Gasteiger charge is 2.22. The molecule has 1 atom stereocenters. The number of rotatable bonds is 4. The van der Waals surface area contributed by atoms with Crippen molar-refractivity contribution in [3.05, 3.63) is 29.3 Å². The number of hydrogen-bond acceptors (Lipinski definition) is 3. The number of piperazine rings is 1. The normalized spacial score (nSPS) is 18.3. The second-order valence-corrected chi connectivity index (χ2v) is 5.54. The lowest BCUT2D eigenvalue weighted by molar-refractivity contribution is -0.137. The number of anilines is 1. The maximum absolute atomic E-state index is 10.7. The Morgan fingerprint density at radius 1 is 1.32 bits per heavy atom. The van der Waals surface area contributed by atoms with E-state index >= 15 is 0 Å². The average molecular weight is 303 g/mol. The van der Waals surface area contributed by atoms with Crippen LogP contribution in [0.4, 0.5) is 5.69 Å². The molecule has 1 aromatic carbocycles. The summed E-state index contributed by atoms with van der Waals surface area (Å²) in [4.78, 5) is 15.0. The maximum Gasteiger partial charge on any atom is 0.322 e. The molecule has 4 nitrogen and oxygen atoms in total. The smallest absolute Gasteiger partial charge is 0.322 e. The van der Waals surface area contributed by atoms with Gasteiger partial charge in [-0.3, -0.25) is 9.69 Å². The van der Waals surface area contributed by atoms with Crippen molar-refractivity contribution >= 4 is 34.9 Å². The van der Waals surface area contributed by atoms with Crippen LogP contribution < -0.4 is 4.90 Å². The van der Waals surface area contributed by atoms with Gasteiger partial charge < -0.3 is 10.0 Å². The van der Waals surface area contributed by atoms with Crippen molar-refractivity contribution in [2.24, 2.45) is 0 Å². The lowest BCUT2D eigenvalue weighted by Crippen LogP contribution is -2.48. The molecule has 1 aromatic rings. The summed E-state index contributed by atoms with van der Waals surface area (Å²) in [6.07, 6.45) is 0. The first-order valence-electron chi connectivity index (χ1n) is 6.16. The van der Waals surface area contributed by atoms with Gasteiger partial charge in [-0.2, -0.15) is 0 Å². The average Bonchev–Trinajstić information content (AvgIpc) is 2.39. The van der Waals surface area contributed by atoms with Gasteiger partial charge in [0, 0.05) is 43.4 Å². The van der Waals surface area contributed by atoms with Crippen LogP contribution in [0.25, 0.3) is 0 Å². The van der Waals surface area contributed by atoms with E-state index in [-0.39, 0.29) is 0 Å². The Kier molecular flexibility index (Phi) is 4.91. The molecule has 1 heterocycles. The molecule has 104 valence electrons. The van der Waals surface area contributed by atoms with E-state index in [9.17, 15) is 4.79 Å². The van der Waals surface area contributed by atoms with Crippen LogP contribution in [-0.4, -0.2) is 54.1 Å². The molecule has 0 amide bonds. The molecular formula is C13H16Cl2N2O2. The lowest BCUT2D eigenvalue weighted by atomic mass is 10.2. The van der Waals surface area contributed by atoms with E-state index in [0.717, 1.165) is 36.9 Å². The molecule has 0 aromatic heterocycles. The summed E-state index contributed by atoms with van der Waals surface area (Å²) in [6.45, 7) is 3.71. The van der Waals surface area contributed by atoms with E-state index in [2.05, 4.69) is 9.80 Å². The van der Waals surface area contributed by atoms with Crippen molar-refractivity contribution in [1.29, 1.82) is 0 Å². The highest BCUT2D eigenvalue weighted by atomic mass is 35.5. The zero-order chi connectivity index (χ0) is 13.8. The number of halogens is 2. The number of carboxylic acid groups (broad SMARTS) is 1. The number of carbonyl (C=O) groups is 1. The SMILES string of the molecule is O=C(O)C(Cl)CN1CCN(c2cccc(Cl)c2)CC1. The van der Waals surface area contributed by atoms with Gasteiger partial charge in [0.15, 0.2) is 0 Å². The molecule has 1 unspecified atom stereocenters. The van der Waals surface area contributed by atoms with E-state index < -0.39 is 11.3 Å². The number of aliphatic carboxylic acids is 1. The number of carboxylic acids is 1. The van der Waals surface area contributed by atoms with Crippen LogP contribution in [-0.2, 0) is 4.79 Å². The van der Waals surface area contributed by atoms with E-state index in [4.69, 9.17) is 28.3 Å². The molecule has 0 bridgehead atoms. The first kappa shape index (κ1) is 14.4. The van der Waals surface area contributed by atoms with Crippen LogP contribution >= 0.6 is 23.2 Å². The summed E-state index contributed by atoms with van der Waals surface area (Å²) in [5, 5.41) is 8.68. The second kappa shape index (κ2) is 6.46. The minimum atomic E-state index is -0.959. The van der Waals surface area contributed by atoms with Crippen LogP contribution in [0.2, 0.25) is 5.02 Å². The highest BCUT2D eigenvalue weighted by Crippen LogP contribution is 2.20. The summed E-state index contributed by atoms with van der Waals surface area (Å²) in [7, 11) is 0. The molecule has 0 aliphatic carbocycles. The van der Waals surface area contributed by atoms with Gasteiger partial charge in [-0.1, -0.05) is 17.7 Å². The van der Waals surface area contributed by atoms with Crippen LogP contribution in [0.3, 0.4) is 0 Å². The minimum Gasteiger partial charge on any atom is -0.480 e. The molecule has 1 aliphatic rings. The Balaban J connectivity index is 1.87.